The molecule has 0 aliphatic carbocycles. The van der Waals surface area contributed by atoms with Crippen LogP contribution in [0.25, 0.3) is 0 Å². The van der Waals surface area contributed by atoms with Crippen molar-refractivity contribution in [2.45, 2.75) is 6.42 Å². The van der Waals surface area contributed by atoms with E-state index in [9.17, 15) is 4.79 Å². The first-order valence-corrected chi connectivity index (χ1v) is 10.1. The third-order valence-corrected chi connectivity index (χ3v) is 5.20. The van der Waals surface area contributed by atoms with Crippen molar-refractivity contribution in [2.75, 3.05) is 60.2 Å². The van der Waals surface area contributed by atoms with E-state index in [0.717, 1.165) is 32.1 Å². The number of guanidine groups is 1. The zero-order valence-corrected chi connectivity index (χ0v) is 20.6. The fourth-order valence-electron chi connectivity index (χ4n) is 2.98. The maximum absolute atomic E-state index is 12.2. The van der Waals surface area contributed by atoms with E-state index in [-0.39, 0.29) is 29.9 Å². The number of nitrogens with one attached hydrogen (secondary N) is 2. The average molecular weight is 559 g/mol. The molecule has 1 heterocycles. The van der Waals surface area contributed by atoms with Crippen molar-refractivity contribution in [1.29, 1.82) is 0 Å². The van der Waals surface area contributed by atoms with Crippen molar-refractivity contribution in [3.8, 4) is 0 Å². The quantitative estimate of drug-likeness (QED) is 0.211. The number of carbonyl (C=O) groups excluding carboxylic acids is 1. The molecule has 0 saturated carbocycles. The molecule has 1 amide bonds. The van der Waals surface area contributed by atoms with Crippen LogP contribution in [0.3, 0.4) is 0 Å². The van der Waals surface area contributed by atoms with Gasteiger partial charge in [-0.05, 0) is 24.6 Å². The number of hydrogen-bond donors (Lipinski definition) is 2. The van der Waals surface area contributed by atoms with Gasteiger partial charge in [-0.1, -0.05) is 23.2 Å². The van der Waals surface area contributed by atoms with Gasteiger partial charge in [0.2, 0.25) is 0 Å². The molecule has 1 fully saturated rings. The molecule has 1 unspecified atom stereocenters. The minimum Gasteiger partial charge on any atom is -0.382 e. The molecular formula is C19H29Cl2IN4O3. The Morgan fingerprint density at radius 1 is 1.24 bits per heavy atom. The van der Waals surface area contributed by atoms with E-state index in [1.54, 1.807) is 32.4 Å². The Morgan fingerprint density at radius 2 is 2.00 bits per heavy atom. The molecule has 1 aliphatic rings. The van der Waals surface area contributed by atoms with Gasteiger partial charge in [0, 0.05) is 51.8 Å². The summed E-state index contributed by atoms with van der Waals surface area (Å²) < 4.78 is 10.6. The van der Waals surface area contributed by atoms with Gasteiger partial charge < -0.3 is 25.0 Å². The molecule has 10 heteroatoms. The summed E-state index contributed by atoms with van der Waals surface area (Å²) in [6.45, 7) is 4.86. The number of aliphatic imine (C=N–C) groups is 1. The van der Waals surface area contributed by atoms with Gasteiger partial charge in [-0.25, -0.2) is 0 Å². The van der Waals surface area contributed by atoms with Crippen LogP contribution >= 0.6 is 47.2 Å². The van der Waals surface area contributed by atoms with Crippen molar-refractivity contribution in [1.82, 2.24) is 15.5 Å². The molecule has 2 rings (SSSR count). The minimum atomic E-state index is -0.190. The molecule has 1 aromatic carbocycles. The molecule has 0 aromatic heterocycles. The number of halogens is 3. The van der Waals surface area contributed by atoms with Crippen molar-refractivity contribution >= 4 is 59.0 Å². The van der Waals surface area contributed by atoms with Crippen LogP contribution < -0.4 is 10.6 Å². The maximum Gasteiger partial charge on any atom is 0.251 e. The summed E-state index contributed by atoms with van der Waals surface area (Å²) in [5.41, 5.74) is 0.481. The fraction of sp³-hybridized carbons (Fsp3) is 0.579. The van der Waals surface area contributed by atoms with Crippen LogP contribution in [-0.2, 0) is 9.47 Å². The van der Waals surface area contributed by atoms with E-state index >= 15 is 0 Å². The highest BCUT2D eigenvalue weighted by Crippen LogP contribution is 2.22. The molecule has 0 radical (unpaired) electrons. The van der Waals surface area contributed by atoms with Crippen LogP contribution in [0.15, 0.2) is 23.2 Å². The van der Waals surface area contributed by atoms with Crippen LogP contribution in [0.5, 0.6) is 0 Å². The summed E-state index contributed by atoms with van der Waals surface area (Å²) in [7, 11) is 3.43. The molecule has 164 valence electrons. The van der Waals surface area contributed by atoms with Gasteiger partial charge >= 0.3 is 0 Å². The first-order valence-electron chi connectivity index (χ1n) is 9.30. The number of nitrogens with zero attached hydrogens (tertiary/aromatic N) is 2. The SMILES string of the molecule is CN=C(NCCNC(=O)c1ccc(Cl)c(Cl)c1)N1CCC(COCCOC)C1.I. The second kappa shape index (κ2) is 14.2. The maximum atomic E-state index is 12.2. The van der Waals surface area contributed by atoms with Crippen LogP contribution in [-0.4, -0.2) is 76.9 Å². The monoisotopic (exact) mass is 558 g/mol. The first kappa shape index (κ1) is 26.2. The summed E-state index contributed by atoms with van der Waals surface area (Å²) in [5, 5.41) is 6.94. The average Bonchev–Trinajstić information content (AvgIpc) is 3.16. The smallest absolute Gasteiger partial charge is 0.251 e. The number of hydrogen-bond acceptors (Lipinski definition) is 4. The van der Waals surface area contributed by atoms with Crippen LogP contribution in [0.2, 0.25) is 10.0 Å². The normalized spacial score (nSPS) is 16.5. The van der Waals surface area contributed by atoms with E-state index in [4.69, 9.17) is 32.7 Å². The predicted molar refractivity (Wildman–Crippen MR) is 128 cm³/mol. The summed E-state index contributed by atoms with van der Waals surface area (Å²) >= 11 is 11.8. The summed E-state index contributed by atoms with van der Waals surface area (Å²) in [4.78, 5) is 18.7. The van der Waals surface area contributed by atoms with Crippen molar-refractivity contribution in [2.24, 2.45) is 10.9 Å². The van der Waals surface area contributed by atoms with Gasteiger partial charge in [0.05, 0.1) is 29.9 Å². The Morgan fingerprint density at radius 3 is 2.69 bits per heavy atom. The predicted octanol–water partition coefficient (Wildman–Crippen LogP) is 2.90. The molecule has 29 heavy (non-hydrogen) atoms. The largest absolute Gasteiger partial charge is 0.382 e. The van der Waals surface area contributed by atoms with Crippen LogP contribution in [0.4, 0.5) is 0 Å². The Bertz CT molecular complexity index is 679. The molecule has 0 bridgehead atoms. The lowest BCUT2D eigenvalue weighted by atomic mass is 10.1. The van der Waals surface area contributed by atoms with Gasteiger partial charge in [0.15, 0.2) is 5.96 Å². The zero-order chi connectivity index (χ0) is 20.4. The molecular weight excluding hydrogens is 530 g/mol. The Balaban J connectivity index is 0.00000420. The van der Waals surface area contributed by atoms with E-state index in [1.807, 2.05) is 0 Å². The summed E-state index contributed by atoms with van der Waals surface area (Å²) in [6.07, 6.45) is 1.07. The number of likely N-dealkylation sites (tertiary alicyclic amines) is 1. The van der Waals surface area contributed by atoms with Gasteiger partial charge in [-0.2, -0.15) is 0 Å². The highest BCUT2D eigenvalue weighted by molar-refractivity contribution is 14.0. The van der Waals surface area contributed by atoms with E-state index < -0.39 is 0 Å². The Kier molecular flexibility index (Phi) is 12.9. The molecule has 1 saturated heterocycles. The number of benzene rings is 1. The van der Waals surface area contributed by atoms with E-state index in [0.29, 0.717) is 47.8 Å². The molecule has 7 nitrogen and oxygen atoms in total. The zero-order valence-electron chi connectivity index (χ0n) is 16.7. The molecule has 1 aromatic rings. The number of rotatable bonds is 9. The second-order valence-electron chi connectivity index (χ2n) is 6.53. The third-order valence-electron chi connectivity index (χ3n) is 4.46. The Labute approximate surface area is 199 Å². The van der Waals surface area contributed by atoms with Crippen molar-refractivity contribution in [3.63, 3.8) is 0 Å². The molecule has 1 aliphatic heterocycles. The number of carbonyl (C=O) groups is 1. The van der Waals surface area contributed by atoms with Gasteiger partial charge in [0.25, 0.3) is 5.91 Å². The summed E-state index contributed by atoms with van der Waals surface area (Å²) in [6, 6.07) is 4.82. The molecule has 2 N–H and O–H groups in total. The summed E-state index contributed by atoms with van der Waals surface area (Å²) in [5.74, 6) is 1.14. The van der Waals surface area contributed by atoms with Crippen molar-refractivity contribution < 1.29 is 14.3 Å². The van der Waals surface area contributed by atoms with Gasteiger partial charge in [-0.3, -0.25) is 9.79 Å². The topological polar surface area (TPSA) is 75.2 Å². The van der Waals surface area contributed by atoms with Gasteiger partial charge in [-0.15, -0.1) is 24.0 Å². The fourth-order valence-corrected chi connectivity index (χ4v) is 3.27. The molecule has 1 atom stereocenters. The lowest BCUT2D eigenvalue weighted by Crippen LogP contribution is -2.43. The first-order chi connectivity index (χ1) is 13.5. The van der Waals surface area contributed by atoms with E-state index in [1.165, 1.54) is 0 Å². The highest BCUT2D eigenvalue weighted by Gasteiger charge is 2.24. The number of amides is 1. The van der Waals surface area contributed by atoms with Crippen LogP contribution in [0, 0.1) is 5.92 Å². The van der Waals surface area contributed by atoms with E-state index in [2.05, 4.69) is 20.5 Å². The Hall–Kier alpha value is -0.810. The minimum absolute atomic E-state index is 0. The van der Waals surface area contributed by atoms with Crippen molar-refractivity contribution in [3.05, 3.63) is 33.8 Å². The molecule has 0 spiro atoms. The second-order valence-corrected chi connectivity index (χ2v) is 7.34. The number of ether oxygens (including phenoxy) is 2. The third kappa shape index (κ3) is 8.84. The standard InChI is InChI=1S/C19H28Cl2N4O3.HI/c1-22-19(25-8-5-14(12-25)13-28-10-9-27-2)24-7-6-23-18(26)15-3-4-16(20)17(21)11-15;/h3-4,11,14H,5-10,12-13H2,1-2H3,(H,22,24)(H,23,26);1H. The number of methoxy groups -OCH3 is 1. The van der Waals surface area contributed by atoms with Gasteiger partial charge in [0.1, 0.15) is 0 Å². The lowest BCUT2D eigenvalue weighted by molar-refractivity contribution is 0.0536. The van der Waals surface area contributed by atoms with Crippen LogP contribution in [0.1, 0.15) is 16.8 Å². The highest BCUT2D eigenvalue weighted by atomic mass is 127. The lowest BCUT2D eigenvalue weighted by Gasteiger charge is -2.22.